The molecule has 0 spiro atoms. The number of ketones is 1. The largest absolute Gasteiger partial charge is 0.296 e. The predicted octanol–water partition coefficient (Wildman–Crippen LogP) is 3.71. The number of thiazole rings is 1. The van der Waals surface area contributed by atoms with Gasteiger partial charge in [-0.1, -0.05) is 26.7 Å². The number of hydrogen-bond donors (Lipinski definition) is 0. The lowest BCUT2D eigenvalue weighted by molar-refractivity contribution is -0.124. The highest BCUT2D eigenvalue weighted by Gasteiger charge is 2.31. The minimum atomic E-state index is -0.726. The highest BCUT2D eigenvalue weighted by Crippen LogP contribution is 2.26. The molecule has 22 heavy (non-hydrogen) atoms. The summed E-state index contributed by atoms with van der Waals surface area (Å²) in [5.41, 5.74) is 0.968. The number of Topliss-reactive ketones (excluding diaryl/α,β-unsaturated/α-hetero) is 1. The second-order valence-electron chi connectivity index (χ2n) is 6.36. The second-order valence-corrected chi connectivity index (χ2v) is 7.25. The zero-order valence-electron chi connectivity index (χ0n) is 13.7. The minimum Gasteiger partial charge on any atom is -0.296 e. The average Bonchev–Trinajstić information content (AvgIpc) is 2.83. The topological polar surface area (TPSA) is 57.0 Å². The molecule has 2 heterocycles. The molecule has 2 rings (SSSR count). The maximum Gasteiger partial charge on any atom is 0.173 e. The Morgan fingerprint density at radius 3 is 2.41 bits per heavy atom. The molecule has 0 radical (unpaired) electrons. The summed E-state index contributed by atoms with van der Waals surface area (Å²) in [6, 6.07) is 1.98. The van der Waals surface area contributed by atoms with Gasteiger partial charge < -0.3 is 0 Å². The summed E-state index contributed by atoms with van der Waals surface area (Å²) in [6.45, 7) is 8.00. The molecule has 0 aliphatic carbocycles. The van der Waals surface area contributed by atoms with Gasteiger partial charge in [-0.05, 0) is 38.8 Å². The van der Waals surface area contributed by atoms with Gasteiger partial charge in [0, 0.05) is 5.38 Å². The first-order valence-electron chi connectivity index (χ1n) is 8.17. The highest BCUT2D eigenvalue weighted by atomic mass is 32.1. The minimum absolute atomic E-state index is 0.00550. The molecule has 1 aliphatic rings. The molecule has 1 aromatic heterocycles. The van der Waals surface area contributed by atoms with E-state index in [9.17, 15) is 10.1 Å². The van der Waals surface area contributed by atoms with Gasteiger partial charge >= 0.3 is 0 Å². The fraction of sp³-hybridized carbons (Fsp3) is 0.706. The van der Waals surface area contributed by atoms with E-state index >= 15 is 0 Å². The van der Waals surface area contributed by atoms with Crippen LogP contribution in [0.1, 0.15) is 69.0 Å². The molecule has 0 unspecified atom stereocenters. The van der Waals surface area contributed by atoms with Crippen LogP contribution in [0.15, 0.2) is 5.38 Å². The molecule has 0 saturated carbocycles. The Bertz CT molecular complexity index is 538. The van der Waals surface area contributed by atoms with E-state index in [1.165, 1.54) is 24.2 Å². The number of nitrogens with zero attached hydrogens (tertiary/aromatic N) is 3. The molecule has 1 fully saturated rings. The predicted molar refractivity (Wildman–Crippen MR) is 89.1 cm³/mol. The second kappa shape index (κ2) is 7.85. The molecular weight excluding hydrogens is 294 g/mol. The summed E-state index contributed by atoms with van der Waals surface area (Å²) in [6.07, 6.45) is 4.76. The van der Waals surface area contributed by atoms with E-state index in [0.717, 1.165) is 31.6 Å². The quantitative estimate of drug-likeness (QED) is 0.830. The van der Waals surface area contributed by atoms with Crippen LogP contribution in [-0.4, -0.2) is 34.8 Å². The van der Waals surface area contributed by atoms with E-state index in [2.05, 4.69) is 29.8 Å². The summed E-state index contributed by atoms with van der Waals surface area (Å²) < 4.78 is 0. The van der Waals surface area contributed by atoms with Gasteiger partial charge in [-0.3, -0.25) is 9.69 Å². The number of likely N-dealkylation sites (tertiary alicyclic amines) is 1. The summed E-state index contributed by atoms with van der Waals surface area (Å²) >= 11 is 1.43. The van der Waals surface area contributed by atoms with E-state index in [1.807, 2.05) is 12.3 Å². The smallest absolute Gasteiger partial charge is 0.173 e. The van der Waals surface area contributed by atoms with Crippen LogP contribution in [0.5, 0.6) is 0 Å². The van der Waals surface area contributed by atoms with Crippen molar-refractivity contribution >= 4 is 17.1 Å². The number of aromatic nitrogens is 1. The van der Waals surface area contributed by atoms with Gasteiger partial charge in [0.2, 0.25) is 0 Å². The summed E-state index contributed by atoms with van der Waals surface area (Å²) in [5.74, 6) is -0.410. The van der Waals surface area contributed by atoms with Crippen molar-refractivity contribution in [3.05, 3.63) is 16.1 Å². The summed E-state index contributed by atoms with van der Waals surface area (Å²) in [4.78, 5) is 19.5. The Kier molecular flexibility index (Phi) is 6.10. The van der Waals surface area contributed by atoms with Crippen molar-refractivity contribution in [1.29, 1.82) is 5.26 Å². The third-order valence-corrected chi connectivity index (χ3v) is 5.32. The first-order chi connectivity index (χ1) is 10.5. The van der Waals surface area contributed by atoms with Crippen LogP contribution < -0.4 is 0 Å². The van der Waals surface area contributed by atoms with Crippen LogP contribution in [0.25, 0.3) is 0 Å². The Hall–Kier alpha value is -1.25. The van der Waals surface area contributed by atoms with Crippen molar-refractivity contribution in [2.45, 2.75) is 64.3 Å². The van der Waals surface area contributed by atoms with Gasteiger partial charge in [0.15, 0.2) is 11.7 Å². The molecule has 0 N–H and O–H groups in total. The summed E-state index contributed by atoms with van der Waals surface area (Å²) in [7, 11) is 0. The van der Waals surface area contributed by atoms with Crippen molar-refractivity contribution in [1.82, 2.24) is 9.88 Å². The first kappa shape index (κ1) is 17.1. The van der Waals surface area contributed by atoms with Crippen molar-refractivity contribution in [3.8, 4) is 6.07 Å². The Balaban J connectivity index is 2.11. The molecule has 0 aromatic carbocycles. The van der Waals surface area contributed by atoms with Crippen LogP contribution in [0.4, 0.5) is 0 Å². The van der Waals surface area contributed by atoms with Crippen molar-refractivity contribution in [3.63, 3.8) is 0 Å². The fourth-order valence-corrected chi connectivity index (χ4v) is 3.87. The molecule has 0 bridgehead atoms. The van der Waals surface area contributed by atoms with Crippen molar-refractivity contribution in [2.24, 2.45) is 0 Å². The van der Waals surface area contributed by atoms with Gasteiger partial charge in [0.1, 0.15) is 5.01 Å². The molecule has 120 valence electrons. The van der Waals surface area contributed by atoms with Crippen molar-refractivity contribution < 1.29 is 4.79 Å². The maximum atomic E-state index is 12.8. The Morgan fingerprint density at radius 2 is 1.91 bits per heavy atom. The molecule has 5 heteroatoms. The van der Waals surface area contributed by atoms with E-state index in [1.54, 1.807) is 0 Å². The first-order valence-corrected chi connectivity index (χ1v) is 9.05. The molecule has 1 aromatic rings. The molecule has 2 atom stereocenters. The monoisotopic (exact) mass is 319 g/mol. The number of carbonyl (C=O) groups is 1. The molecule has 4 nitrogen and oxygen atoms in total. The standard InChI is InChI=1S/C17H25N3OS/c1-12(2)15-11-22-17(19-15)14(10-18)16(21)13(3)20-8-6-4-5-7-9-20/h11-14H,4-9H2,1-3H3/t13-,14+/m1/s1. The number of hydrogen-bond acceptors (Lipinski definition) is 5. The molecule has 1 aliphatic heterocycles. The Morgan fingerprint density at radius 1 is 1.27 bits per heavy atom. The van der Waals surface area contributed by atoms with E-state index in [4.69, 9.17) is 0 Å². The number of nitriles is 1. The molecular formula is C17H25N3OS. The third kappa shape index (κ3) is 3.93. The van der Waals surface area contributed by atoms with Crippen LogP contribution in [0, 0.1) is 11.3 Å². The van der Waals surface area contributed by atoms with Crippen LogP contribution in [-0.2, 0) is 4.79 Å². The highest BCUT2D eigenvalue weighted by molar-refractivity contribution is 7.10. The zero-order valence-corrected chi connectivity index (χ0v) is 14.5. The zero-order chi connectivity index (χ0) is 16.1. The average molecular weight is 319 g/mol. The lowest BCUT2D eigenvalue weighted by Crippen LogP contribution is -2.41. The van der Waals surface area contributed by atoms with E-state index < -0.39 is 5.92 Å². The third-order valence-electron chi connectivity index (χ3n) is 4.39. The number of rotatable bonds is 5. The van der Waals surface area contributed by atoms with Crippen LogP contribution >= 0.6 is 11.3 Å². The fourth-order valence-electron chi connectivity index (χ4n) is 2.84. The Labute approximate surface area is 137 Å². The van der Waals surface area contributed by atoms with Crippen LogP contribution in [0.3, 0.4) is 0 Å². The molecule has 0 amide bonds. The molecule has 1 saturated heterocycles. The van der Waals surface area contributed by atoms with Gasteiger partial charge in [0.25, 0.3) is 0 Å². The van der Waals surface area contributed by atoms with Gasteiger partial charge in [-0.2, -0.15) is 5.26 Å². The van der Waals surface area contributed by atoms with E-state index in [0.29, 0.717) is 10.9 Å². The van der Waals surface area contributed by atoms with Crippen molar-refractivity contribution in [2.75, 3.05) is 13.1 Å². The van der Waals surface area contributed by atoms with Gasteiger partial charge in [0.05, 0.1) is 17.8 Å². The van der Waals surface area contributed by atoms with E-state index in [-0.39, 0.29) is 11.8 Å². The lowest BCUT2D eigenvalue weighted by Gasteiger charge is -2.27. The van der Waals surface area contributed by atoms with Gasteiger partial charge in [-0.15, -0.1) is 11.3 Å². The SMILES string of the molecule is CC(C)c1csc([C@@H](C#N)C(=O)[C@@H](C)N2CCCCCC2)n1. The number of carbonyl (C=O) groups excluding carboxylic acids is 1. The van der Waals surface area contributed by atoms with Gasteiger partial charge in [-0.25, -0.2) is 4.98 Å². The summed E-state index contributed by atoms with van der Waals surface area (Å²) in [5, 5.41) is 12.1. The maximum absolute atomic E-state index is 12.8. The lowest BCUT2D eigenvalue weighted by atomic mass is 9.99. The van der Waals surface area contributed by atoms with Crippen LogP contribution in [0.2, 0.25) is 0 Å². The normalized spacial score (nSPS) is 19.4.